The van der Waals surface area contributed by atoms with E-state index in [1.807, 2.05) is 24.3 Å². The van der Waals surface area contributed by atoms with E-state index in [-0.39, 0.29) is 0 Å². The number of ether oxygens (including phenoxy) is 2. The minimum absolute atomic E-state index is 0.542. The minimum atomic E-state index is -0.542. The average molecular weight is 831 g/mol. The van der Waals surface area contributed by atoms with Crippen LogP contribution in [0.4, 0.5) is 0 Å². The molecule has 0 spiro atoms. The van der Waals surface area contributed by atoms with E-state index >= 15 is 0 Å². The lowest BCUT2D eigenvalue weighted by Gasteiger charge is -2.34. The molecule has 13 rings (SSSR count). The quantitative estimate of drug-likeness (QED) is 0.157. The van der Waals surface area contributed by atoms with E-state index in [9.17, 15) is 0 Å². The van der Waals surface area contributed by atoms with E-state index in [0.717, 1.165) is 56.1 Å². The van der Waals surface area contributed by atoms with Crippen molar-refractivity contribution in [2.45, 2.75) is 5.41 Å². The molecule has 0 saturated carbocycles. The molecule has 10 aromatic carbocycles. The van der Waals surface area contributed by atoms with Gasteiger partial charge in [-0.05, 0) is 96.9 Å². The first-order valence-electron chi connectivity index (χ1n) is 22.0. The third kappa shape index (κ3) is 5.92. The highest BCUT2D eigenvalue weighted by Crippen LogP contribution is 2.62. The average Bonchev–Trinajstić information content (AvgIpc) is 3.70. The number of hydrogen-bond acceptors (Lipinski definition) is 4. The van der Waals surface area contributed by atoms with Gasteiger partial charge in [0.05, 0.1) is 16.8 Å². The highest BCUT2D eigenvalue weighted by atomic mass is 16.6. The van der Waals surface area contributed by atoms with Crippen molar-refractivity contribution in [3.05, 3.63) is 253 Å². The number of nitrogens with zero attached hydrogens (tertiary/aromatic N) is 2. The van der Waals surface area contributed by atoms with Gasteiger partial charge >= 0.3 is 0 Å². The van der Waals surface area contributed by atoms with Crippen molar-refractivity contribution in [1.29, 1.82) is 0 Å². The van der Waals surface area contributed by atoms with Crippen LogP contribution in [-0.4, -0.2) is 9.97 Å². The van der Waals surface area contributed by atoms with Gasteiger partial charge in [-0.15, -0.1) is 0 Å². The number of fused-ring (bicyclic) bond motifs is 9. The summed E-state index contributed by atoms with van der Waals surface area (Å²) in [5.74, 6) is 3.45. The van der Waals surface area contributed by atoms with Crippen LogP contribution in [0.5, 0.6) is 23.0 Å². The lowest BCUT2D eigenvalue weighted by Crippen LogP contribution is -2.28. The fourth-order valence-corrected chi connectivity index (χ4v) is 10.2. The van der Waals surface area contributed by atoms with Crippen LogP contribution in [-0.2, 0) is 5.41 Å². The molecule has 0 N–H and O–H groups in total. The Morgan fingerprint density at radius 3 is 1.74 bits per heavy atom. The summed E-state index contributed by atoms with van der Waals surface area (Å²) < 4.78 is 13.8. The molecule has 4 heteroatoms. The van der Waals surface area contributed by atoms with Crippen molar-refractivity contribution in [2.24, 2.45) is 0 Å². The summed E-state index contributed by atoms with van der Waals surface area (Å²) in [4.78, 5) is 10.3. The minimum Gasteiger partial charge on any atom is -0.449 e. The smallest absolute Gasteiger partial charge is 0.178 e. The molecule has 0 bridgehead atoms. The van der Waals surface area contributed by atoms with E-state index < -0.39 is 5.41 Å². The lowest BCUT2D eigenvalue weighted by atomic mass is 9.68. The first-order chi connectivity index (χ1) is 32.2. The van der Waals surface area contributed by atoms with E-state index in [1.54, 1.807) is 0 Å². The molecule has 4 nitrogen and oxygen atoms in total. The van der Waals surface area contributed by atoms with Gasteiger partial charge in [0.15, 0.2) is 28.8 Å². The topological polar surface area (TPSA) is 44.2 Å². The third-order valence-electron chi connectivity index (χ3n) is 13.2. The van der Waals surface area contributed by atoms with Gasteiger partial charge in [-0.3, -0.25) is 0 Å². The van der Waals surface area contributed by atoms with E-state index in [4.69, 9.17) is 19.4 Å². The number of hydrogen-bond donors (Lipinski definition) is 0. The number of aromatic nitrogens is 2. The van der Waals surface area contributed by atoms with Crippen LogP contribution in [0, 0.1) is 0 Å². The first kappa shape index (κ1) is 37.0. The monoisotopic (exact) mass is 830 g/mol. The normalized spacial score (nSPS) is 13.0. The van der Waals surface area contributed by atoms with Crippen molar-refractivity contribution in [3.8, 4) is 79.2 Å². The SMILES string of the molecule is c1ccc(-c2nc(-c3cccc(-c4ccc5c(c4)Oc4c(ccc6c4-c4ccccc4C6(c4ccccc4)c4ccccc4)O5)c3)cc(-c3ccc4c(ccc5ccccc54)c3)n2)cc1. The van der Waals surface area contributed by atoms with Gasteiger partial charge in [0.25, 0.3) is 0 Å². The second-order valence-corrected chi connectivity index (χ2v) is 16.8. The summed E-state index contributed by atoms with van der Waals surface area (Å²) in [5, 5.41) is 4.87. The van der Waals surface area contributed by atoms with Crippen LogP contribution >= 0.6 is 0 Å². The molecule has 65 heavy (non-hydrogen) atoms. The lowest BCUT2D eigenvalue weighted by molar-refractivity contribution is 0.360. The van der Waals surface area contributed by atoms with Gasteiger partial charge < -0.3 is 9.47 Å². The van der Waals surface area contributed by atoms with Crippen LogP contribution in [0.15, 0.2) is 231 Å². The molecular weight excluding hydrogens is 793 g/mol. The van der Waals surface area contributed by atoms with Crippen molar-refractivity contribution in [2.75, 3.05) is 0 Å². The maximum Gasteiger partial charge on any atom is 0.178 e. The van der Waals surface area contributed by atoms with Crippen molar-refractivity contribution in [3.63, 3.8) is 0 Å². The fourth-order valence-electron chi connectivity index (χ4n) is 10.2. The molecule has 0 saturated heterocycles. The zero-order valence-electron chi connectivity index (χ0n) is 35.2. The zero-order valence-corrected chi connectivity index (χ0v) is 35.2. The maximum atomic E-state index is 7.06. The van der Waals surface area contributed by atoms with Crippen LogP contribution < -0.4 is 9.47 Å². The second-order valence-electron chi connectivity index (χ2n) is 16.8. The molecule has 0 fully saturated rings. The molecule has 1 aromatic heterocycles. The standard InChI is InChI=1S/C61H38N2O2/c1-4-16-40(17-5-1)60-62-53(38-54(63-60)45-29-31-49-43(36-45)28-27-39-15-10-11-24-48(39)49)44-19-14-18-41(35-44)42-30-33-55-57(37-42)65-59-56(64-55)34-32-52-58(59)50-25-12-13-26-51(50)61(52,46-20-6-2-7-21-46)47-22-8-3-9-23-47/h1-38H. The summed E-state index contributed by atoms with van der Waals surface area (Å²) >= 11 is 0. The summed E-state index contributed by atoms with van der Waals surface area (Å²) in [6, 6.07) is 81.3. The summed E-state index contributed by atoms with van der Waals surface area (Å²) in [6.45, 7) is 0. The van der Waals surface area contributed by atoms with Gasteiger partial charge in [-0.25, -0.2) is 9.97 Å². The summed E-state index contributed by atoms with van der Waals surface area (Å²) in [7, 11) is 0. The Labute approximate surface area is 376 Å². The zero-order chi connectivity index (χ0) is 42.9. The summed E-state index contributed by atoms with van der Waals surface area (Å²) in [5.41, 5.74) is 13.2. The second kappa shape index (κ2) is 14.8. The van der Waals surface area contributed by atoms with E-state index in [2.05, 4.69) is 206 Å². The van der Waals surface area contributed by atoms with Crippen LogP contribution in [0.2, 0.25) is 0 Å². The molecule has 2 heterocycles. The van der Waals surface area contributed by atoms with Gasteiger partial charge in [-0.1, -0.05) is 194 Å². The molecular formula is C61H38N2O2. The van der Waals surface area contributed by atoms with Crippen LogP contribution in [0.3, 0.4) is 0 Å². The molecule has 0 atom stereocenters. The van der Waals surface area contributed by atoms with Gasteiger partial charge in [0.2, 0.25) is 0 Å². The Kier molecular flexibility index (Phi) is 8.40. The van der Waals surface area contributed by atoms with Gasteiger partial charge in [-0.2, -0.15) is 0 Å². The molecule has 11 aromatic rings. The highest BCUT2D eigenvalue weighted by molar-refractivity contribution is 6.08. The fraction of sp³-hybridized carbons (Fsp3) is 0.0164. The molecule has 0 amide bonds. The largest absolute Gasteiger partial charge is 0.449 e. The van der Waals surface area contributed by atoms with Gasteiger partial charge in [0.1, 0.15) is 0 Å². The summed E-state index contributed by atoms with van der Waals surface area (Å²) in [6.07, 6.45) is 0. The first-order valence-corrected chi connectivity index (χ1v) is 22.0. The Balaban J connectivity index is 0.900. The molecule has 2 aliphatic rings. The Hall–Kier alpha value is -8.60. The highest BCUT2D eigenvalue weighted by Gasteiger charge is 2.48. The maximum absolute atomic E-state index is 7.06. The molecule has 304 valence electrons. The molecule has 1 aliphatic heterocycles. The van der Waals surface area contributed by atoms with Crippen molar-refractivity contribution < 1.29 is 9.47 Å². The number of benzene rings is 10. The van der Waals surface area contributed by atoms with E-state index in [1.165, 1.54) is 43.8 Å². The van der Waals surface area contributed by atoms with E-state index in [0.29, 0.717) is 23.1 Å². The van der Waals surface area contributed by atoms with Crippen molar-refractivity contribution in [1.82, 2.24) is 9.97 Å². The third-order valence-corrected chi connectivity index (χ3v) is 13.2. The Morgan fingerprint density at radius 2 is 0.938 bits per heavy atom. The Bertz CT molecular complexity index is 3620. The van der Waals surface area contributed by atoms with Crippen LogP contribution in [0.1, 0.15) is 22.3 Å². The predicted molar refractivity (Wildman–Crippen MR) is 263 cm³/mol. The Morgan fingerprint density at radius 1 is 0.338 bits per heavy atom. The predicted octanol–water partition coefficient (Wildman–Crippen LogP) is 15.7. The van der Waals surface area contributed by atoms with Gasteiger partial charge in [0, 0.05) is 22.3 Å². The van der Waals surface area contributed by atoms with Crippen molar-refractivity contribution >= 4 is 21.5 Å². The molecule has 0 unspecified atom stereocenters. The van der Waals surface area contributed by atoms with Crippen LogP contribution in [0.25, 0.3) is 77.7 Å². The molecule has 0 radical (unpaired) electrons. The molecule has 1 aliphatic carbocycles. The number of rotatable bonds is 6.